The zero-order chi connectivity index (χ0) is 13.4. The summed E-state index contributed by atoms with van der Waals surface area (Å²) in [6.45, 7) is 0. The first-order valence-corrected chi connectivity index (χ1v) is 6.09. The lowest BCUT2D eigenvalue weighted by atomic mass is 9.94. The maximum atomic E-state index is 10.2. The molecule has 2 atom stereocenters. The lowest BCUT2D eigenvalue weighted by Gasteiger charge is -2.31. The number of benzene rings is 2. The van der Waals surface area contributed by atoms with E-state index in [0.29, 0.717) is 23.3 Å². The summed E-state index contributed by atoms with van der Waals surface area (Å²) in [5.41, 5.74) is 1.33. The predicted molar refractivity (Wildman–Crippen MR) is 69.3 cm³/mol. The summed E-state index contributed by atoms with van der Waals surface area (Å²) in [6, 6.07) is 11.7. The molecule has 1 heterocycles. The number of aliphatic hydroxyl groups excluding tert-OH is 1. The van der Waals surface area contributed by atoms with Gasteiger partial charge in [0.05, 0.1) is 6.10 Å². The molecule has 0 bridgehead atoms. The lowest BCUT2D eigenvalue weighted by molar-refractivity contribution is 0.0199. The number of aromatic hydroxyl groups is 2. The van der Waals surface area contributed by atoms with Crippen molar-refractivity contribution in [2.24, 2.45) is 0 Å². The van der Waals surface area contributed by atoms with Crippen LogP contribution in [-0.2, 0) is 6.42 Å². The Hall–Kier alpha value is -2.20. The van der Waals surface area contributed by atoms with Crippen molar-refractivity contribution in [1.29, 1.82) is 0 Å². The molecule has 1 aliphatic heterocycles. The Morgan fingerprint density at radius 2 is 1.84 bits per heavy atom. The van der Waals surface area contributed by atoms with Crippen molar-refractivity contribution in [3.8, 4) is 17.2 Å². The summed E-state index contributed by atoms with van der Waals surface area (Å²) in [6.07, 6.45) is -0.980. The van der Waals surface area contributed by atoms with E-state index in [1.807, 2.05) is 0 Å². The first kappa shape index (κ1) is 11.9. The van der Waals surface area contributed by atoms with Crippen LogP contribution in [0.4, 0.5) is 0 Å². The average molecular weight is 258 g/mol. The minimum Gasteiger partial charge on any atom is -0.508 e. The highest BCUT2D eigenvalue weighted by molar-refractivity contribution is 5.46. The number of ether oxygens (including phenoxy) is 1. The van der Waals surface area contributed by atoms with Crippen molar-refractivity contribution in [2.45, 2.75) is 18.6 Å². The van der Waals surface area contributed by atoms with Crippen LogP contribution in [-0.4, -0.2) is 21.4 Å². The normalized spacial score (nSPS) is 21.5. The quantitative estimate of drug-likeness (QED) is 0.733. The minimum atomic E-state index is -0.761. The van der Waals surface area contributed by atoms with E-state index < -0.39 is 12.2 Å². The van der Waals surface area contributed by atoms with E-state index >= 15 is 0 Å². The van der Waals surface area contributed by atoms with Gasteiger partial charge in [-0.2, -0.15) is 0 Å². The number of hydrogen-bond acceptors (Lipinski definition) is 4. The van der Waals surface area contributed by atoms with E-state index in [-0.39, 0.29) is 11.5 Å². The molecule has 0 fully saturated rings. The standard InChI is InChI=1S/C15H14O4/c16-10-4-1-3-9(7-10)15-13(18)8-11-12(17)5-2-6-14(11)19-15/h1-7,13,15-18H,8H2/t13-,15-/m0/s1. The molecule has 4 nitrogen and oxygen atoms in total. The second-order valence-electron chi connectivity index (χ2n) is 4.66. The molecule has 3 N–H and O–H groups in total. The molecule has 0 aliphatic carbocycles. The molecule has 0 radical (unpaired) electrons. The summed E-state index contributed by atoms with van der Waals surface area (Å²) in [4.78, 5) is 0. The molecule has 0 saturated heterocycles. The van der Waals surface area contributed by atoms with E-state index in [2.05, 4.69) is 0 Å². The Morgan fingerprint density at radius 1 is 1.05 bits per heavy atom. The van der Waals surface area contributed by atoms with Gasteiger partial charge in [0.2, 0.25) is 0 Å². The van der Waals surface area contributed by atoms with Crippen molar-refractivity contribution in [3.63, 3.8) is 0 Å². The van der Waals surface area contributed by atoms with Crippen LogP contribution < -0.4 is 4.74 Å². The van der Waals surface area contributed by atoms with Gasteiger partial charge in [-0.1, -0.05) is 18.2 Å². The molecule has 0 amide bonds. The molecular formula is C15H14O4. The topological polar surface area (TPSA) is 69.9 Å². The predicted octanol–water partition coefficient (Wildman–Crippen LogP) is 2.13. The maximum Gasteiger partial charge on any atom is 0.150 e. The van der Waals surface area contributed by atoms with Gasteiger partial charge < -0.3 is 20.1 Å². The highest BCUT2D eigenvalue weighted by Crippen LogP contribution is 2.39. The first-order valence-electron chi connectivity index (χ1n) is 6.09. The van der Waals surface area contributed by atoms with E-state index in [4.69, 9.17) is 4.74 Å². The molecule has 0 unspecified atom stereocenters. The number of phenolic OH excluding ortho intramolecular Hbond substituents is 2. The molecular weight excluding hydrogens is 244 g/mol. The molecule has 1 aliphatic rings. The van der Waals surface area contributed by atoms with Crippen molar-refractivity contribution in [1.82, 2.24) is 0 Å². The summed E-state index contributed by atoms with van der Waals surface area (Å²) in [5, 5.41) is 29.4. The third-order valence-corrected chi connectivity index (χ3v) is 3.32. The van der Waals surface area contributed by atoms with Gasteiger partial charge in [-0.15, -0.1) is 0 Å². The summed E-state index contributed by atoms with van der Waals surface area (Å²) < 4.78 is 5.74. The second kappa shape index (κ2) is 4.48. The van der Waals surface area contributed by atoms with Gasteiger partial charge in [-0.05, 0) is 29.8 Å². The summed E-state index contributed by atoms with van der Waals surface area (Å²) >= 11 is 0. The highest BCUT2D eigenvalue weighted by Gasteiger charge is 2.31. The molecule has 3 rings (SSSR count). The molecule has 19 heavy (non-hydrogen) atoms. The summed E-state index contributed by atoms with van der Waals surface area (Å²) in [5.74, 6) is 0.833. The number of phenols is 2. The summed E-state index contributed by atoms with van der Waals surface area (Å²) in [7, 11) is 0. The van der Waals surface area contributed by atoms with E-state index in [1.165, 1.54) is 0 Å². The highest BCUT2D eigenvalue weighted by atomic mass is 16.5. The fourth-order valence-corrected chi connectivity index (χ4v) is 2.39. The monoisotopic (exact) mass is 258 g/mol. The Balaban J connectivity index is 1.98. The van der Waals surface area contributed by atoms with Crippen LogP contribution in [0.15, 0.2) is 42.5 Å². The number of hydrogen-bond donors (Lipinski definition) is 3. The molecule has 0 aromatic heterocycles. The molecule has 2 aromatic carbocycles. The molecule has 0 spiro atoms. The van der Waals surface area contributed by atoms with Crippen molar-refractivity contribution >= 4 is 0 Å². The second-order valence-corrected chi connectivity index (χ2v) is 4.66. The third kappa shape index (κ3) is 2.11. The Bertz CT molecular complexity index is 609. The van der Waals surface area contributed by atoms with Gasteiger partial charge in [0.25, 0.3) is 0 Å². The minimum absolute atomic E-state index is 0.130. The van der Waals surface area contributed by atoms with Crippen molar-refractivity contribution < 1.29 is 20.1 Å². The van der Waals surface area contributed by atoms with Gasteiger partial charge in [0.15, 0.2) is 0 Å². The van der Waals surface area contributed by atoms with E-state index in [9.17, 15) is 15.3 Å². The molecule has 0 saturated carbocycles. The van der Waals surface area contributed by atoms with E-state index in [1.54, 1.807) is 42.5 Å². The van der Waals surface area contributed by atoms with E-state index in [0.717, 1.165) is 0 Å². The number of aliphatic hydroxyl groups is 1. The van der Waals surface area contributed by atoms with Crippen molar-refractivity contribution in [2.75, 3.05) is 0 Å². The van der Waals surface area contributed by atoms with Gasteiger partial charge in [0, 0.05) is 12.0 Å². The largest absolute Gasteiger partial charge is 0.508 e. The number of rotatable bonds is 1. The number of fused-ring (bicyclic) bond motifs is 1. The van der Waals surface area contributed by atoms with Crippen LogP contribution >= 0.6 is 0 Å². The molecule has 98 valence electrons. The fraction of sp³-hybridized carbons (Fsp3) is 0.200. The SMILES string of the molecule is Oc1cccc([C@@H]2Oc3cccc(O)c3C[C@@H]2O)c1. The lowest BCUT2D eigenvalue weighted by Crippen LogP contribution is -2.30. The van der Waals surface area contributed by atoms with Gasteiger partial charge in [-0.25, -0.2) is 0 Å². The zero-order valence-electron chi connectivity index (χ0n) is 10.2. The van der Waals surface area contributed by atoms with Crippen LogP contribution in [0.2, 0.25) is 0 Å². The fourth-order valence-electron chi connectivity index (χ4n) is 2.39. The van der Waals surface area contributed by atoms with Crippen LogP contribution in [0, 0.1) is 0 Å². The van der Waals surface area contributed by atoms with Crippen LogP contribution in [0.1, 0.15) is 17.2 Å². The Labute approximate surface area is 110 Å². The Morgan fingerprint density at radius 3 is 2.63 bits per heavy atom. The molecule has 2 aromatic rings. The molecule has 4 heteroatoms. The Kier molecular flexibility index (Phi) is 2.80. The van der Waals surface area contributed by atoms with Crippen LogP contribution in [0.3, 0.4) is 0 Å². The van der Waals surface area contributed by atoms with Gasteiger partial charge >= 0.3 is 0 Å². The van der Waals surface area contributed by atoms with Gasteiger partial charge in [0.1, 0.15) is 23.4 Å². The van der Waals surface area contributed by atoms with Crippen LogP contribution in [0.5, 0.6) is 17.2 Å². The smallest absolute Gasteiger partial charge is 0.150 e. The zero-order valence-corrected chi connectivity index (χ0v) is 10.2. The van der Waals surface area contributed by atoms with Crippen LogP contribution in [0.25, 0.3) is 0 Å². The maximum absolute atomic E-state index is 10.2. The first-order chi connectivity index (χ1) is 9.15. The van der Waals surface area contributed by atoms with Crippen molar-refractivity contribution in [3.05, 3.63) is 53.6 Å². The third-order valence-electron chi connectivity index (χ3n) is 3.32. The van der Waals surface area contributed by atoms with Gasteiger partial charge in [-0.3, -0.25) is 0 Å². The average Bonchev–Trinajstić information content (AvgIpc) is 2.39.